The molecule has 0 radical (unpaired) electrons. The molecule has 0 saturated carbocycles. The molecule has 0 aliphatic heterocycles. The highest BCUT2D eigenvalue weighted by Crippen LogP contribution is 2.32. The number of alkyl halides is 3. The van der Waals surface area contributed by atoms with Crippen LogP contribution in [0.2, 0.25) is 10.2 Å². The lowest BCUT2D eigenvalue weighted by atomic mass is 10.2. The number of benzene rings is 1. The molecule has 0 atom stereocenters. The summed E-state index contributed by atoms with van der Waals surface area (Å²) in [7, 11) is 1.48. The average Bonchev–Trinajstić information content (AvgIpc) is 2.45. The molecule has 1 aromatic heterocycles. The number of hydrogen-bond acceptors (Lipinski definition) is 3. The molecule has 3 nitrogen and oxygen atoms in total. The van der Waals surface area contributed by atoms with Crippen LogP contribution < -0.4 is 5.01 Å². The summed E-state index contributed by atoms with van der Waals surface area (Å²) in [6.07, 6.45) is -3.02. The topological polar surface area (TPSA) is 28.5 Å². The number of pyridine rings is 1. The van der Waals surface area contributed by atoms with E-state index in [1.165, 1.54) is 18.3 Å². The van der Waals surface area contributed by atoms with Crippen molar-refractivity contribution in [2.45, 2.75) is 6.18 Å². The minimum Gasteiger partial charge on any atom is -0.251 e. The van der Waals surface area contributed by atoms with Gasteiger partial charge in [0.15, 0.2) is 5.82 Å². The van der Waals surface area contributed by atoms with Crippen molar-refractivity contribution in [3.8, 4) is 0 Å². The average molecular weight is 348 g/mol. The van der Waals surface area contributed by atoms with E-state index in [9.17, 15) is 13.2 Å². The fourth-order valence-corrected chi connectivity index (χ4v) is 1.90. The number of hydrogen-bond donors (Lipinski definition) is 0. The van der Waals surface area contributed by atoms with E-state index in [4.69, 9.17) is 23.2 Å². The molecule has 22 heavy (non-hydrogen) atoms. The molecule has 116 valence electrons. The zero-order chi connectivity index (χ0) is 16.3. The molecule has 1 heterocycles. The summed E-state index contributed by atoms with van der Waals surface area (Å²) in [5, 5.41) is 5.57. The first kappa shape index (κ1) is 16.6. The minimum atomic E-state index is -4.50. The predicted octanol–water partition coefficient (Wildman–Crippen LogP) is 4.88. The number of hydrazone groups is 1. The molecular weight excluding hydrogens is 338 g/mol. The lowest BCUT2D eigenvalue weighted by molar-refractivity contribution is -0.137. The van der Waals surface area contributed by atoms with Crippen LogP contribution in [0, 0.1) is 0 Å². The van der Waals surface area contributed by atoms with Gasteiger partial charge >= 0.3 is 6.18 Å². The number of anilines is 1. The monoisotopic (exact) mass is 347 g/mol. The van der Waals surface area contributed by atoms with E-state index in [0.29, 0.717) is 5.02 Å². The van der Waals surface area contributed by atoms with E-state index >= 15 is 0 Å². The Morgan fingerprint density at radius 2 is 1.77 bits per heavy atom. The van der Waals surface area contributed by atoms with Gasteiger partial charge in [-0.15, -0.1) is 0 Å². The van der Waals surface area contributed by atoms with Gasteiger partial charge in [0.05, 0.1) is 11.8 Å². The van der Waals surface area contributed by atoms with Gasteiger partial charge in [-0.3, -0.25) is 5.01 Å². The SMILES string of the molecule is CN(N=Cc1ccc(Cl)cc1)c1cc(C(F)(F)F)cc(Cl)n1. The molecular formula is C14H10Cl2F3N3. The van der Waals surface area contributed by atoms with E-state index in [1.54, 1.807) is 24.3 Å². The Morgan fingerprint density at radius 3 is 2.36 bits per heavy atom. The summed E-state index contributed by atoms with van der Waals surface area (Å²) in [6.45, 7) is 0. The summed E-state index contributed by atoms with van der Waals surface area (Å²) in [5.41, 5.74) is -0.134. The van der Waals surface area contributed by atoms with Gasteiger partial charge in [0.2, 0.25) is 0 Å². The van der Waals surface area contributed by atoms with E-state index in [1.807, 2.05) is 0 Å². The van der Waals surface area contributed by atoms with Crippen LogP contribution in [0.1, 0.15) is 11.1 Å². The second-order valence-electron chi connectivity index (χ2n) is 4.35. The Kier molecular flexibility index (Phi) is 4.93. The van der Waals surface area contributed by atoms with Crippen LogP contribution in [0.5, 0.6) is 0 Å². The molecule has 0 bridgehead atoms. The Morgan fingerprint density at radius 1 is 1.14 bits per heavy atom. The minimum absolute atomic E-state index is 0.00922. The van der Waals surface area contributed by atoms with Gasteiger partial charge in [0, 0.05) is 12.1 Å². The van der Waals surface area contributed by atoms with Crippen LogP contribution in [0.15, 0.2) is 41.5 Å². The fourth-order valence-electron chi connectivity index (χ4n) is 1.57. The second kappa shape index (κ2) is 6.54. The number of aromatic nitrogens is 1. The number of nitrogens with zero attached hydrogens (tertiary/aromatic N) is 3. The first-order chi connectivity index (χ1) is 10.3. The van der Waals surface area contributed by atoms with Gasteiger partial charge in [0.25, 0.3) is 0 Å². The highest BCUT2D eigenvalue weighted by Gasteiger charge is 2.31. The summed E-state index contributed by atoms with van der Waals surface area (Å²) < 4.78 is 38.2. The van der Waals surface area contributed by atoms with Crippen molar-refractivity contribution in [3.05, 3.63) is 57.7 Å². The summed E-state index contributed by atoms with van der Waals surface area (Å²) in [4.78, 5) is 3.83. The van der Waals surface area contributed by atoms with Crippen LogP contribution in [-0.2, 0) is 6.18 Å². The van der Waals surface area contributed by atoms with Crippen molar-refractivity contribution in [1.82, 2.24) is 4.98 Å². The van der Waals surface area contributed by atoms with E-state index in [2.05, 4.69) is 10.1 Å². The lowest BCUT2D eigenvalue weighted by Crippen LogP contribution is -2.13. The Hall–Kier alpha value is -1.79. The molecule has 0 aliphatic rings. The van der Waals surface area contributed by atoms with Gasteiger partial charge < -0.3 is 0 Å². The first-order valence-electron chi connectivity index (χ1n) is 6.04. The van der Waals surface area contributed by atoms with Crippen LogP contribution in [0.3, 0.4) is 0 Å². The van der Waals surface area contributed by atoms with Crippen molar-refractivity contribution in [2.75, 3.05) is 12.1 Å². The van der Waals surface area contributed by atoms with Gasteiger partial charge in [-0.1, -0.05) is 35.3 Å². The summed E-state index contributed by atoms with van der Waals surface area (Å²) in [5.74, 6) is -0.00922. The maximum Gasteiger partial charge on any atom is 0.416 e. The zero-order valence-electron chi connectivity index (χ0n) is 11.3. The zero-order valence-corrected chi connectivity index (χ0v) is 12.8. The second-order valence-corrected chi connectivity index (χ2v) is 5.18. The molecule has 0 saturated heterocycles. The molecule has 0 spiro atoms. The van der Waals surface area contributed by atoms with Crippen molar-refractivity contribution in [3.63, 3.8) is 0 Å². The third-order valence-corrected chi connectivity index (χ3v) is 3.14. The van der Waals surface area contributed by atoms with Crippen LogP contribution >= 0.6 is 23.2 Å². The van der Waals surface area contributed by atoms with Crippen molar-refractivity contribution < 1.29 is 13.2 Å². The smallest absolute Gasteiger partial charge is 0.251 e. The highest BCUT2D eigenvalue weighted by molar-refractivity contribution is 6.30. The van der Waals surface area contributed by atoms with E-state index < -0.39 is 11.7 Å². The normalized spacial score (nSPS) is 11.9. The maximum atomic E-state index is 12.7. The molecule has 0 aliphatic carbocycles. The van der Waals surface area contributed by atoms with Gasteiger partial charge in [-0.2, -0.15) is 18.3 Å². The molecule has 1 aromatic carbocycles. The Bertz CT molecular complexity index is 685. The third-order valence-electron chi connectivity index (χ3n) is 2.69. The fraction of sp³-hybridized carbons (Fsp3) is 0.143. The third kappa shape index (κ3) is 4.35. The van der Waals surface area contributed by atoms with Crippen molar-refractivity contribution >= 4 is 35.2 Å². The standard InChI is InChI=1S/C14H10Cl2F3N3/c1-22(20-8-9-2-4-11(15)5-3-9)13-7-10(14(17,18)19)6-12(16)21-13/h2-8H,1H3. The molecule has 0 N–H and O–H groups in total. The summed E-state index contributed by atoms with van der Waals surface area (Å²) >= 11 is 11.4. The summed E-state index contributed by atoms with van der Waals surface area (Å²) in [6, 6.07) is 8.47. The quantitative estimate of drug-likeness (QED) is 0.449. The predicted molar refractivity (Wildman–Crippen MR) is 81.7 cm³/mol. The van der Waals surface area contributed by atoms with Crippen LogP contribution in [-0.4, -0.2) is 18.2 Å². The maximum absolute atomic E-state index is 12.7. The molecule has 0 unspecified atom stereocenters. The largest absolute Gasteiger partial charge is 0.416 e. The van der Waals surface area contributed by atoms with Crippen molar-refractivity contribution in [2.24, 2.45) is 5.10 Å². The number of rotatable bonds is 3. The van der Waals surface area contributed by atoms with Crippen molar-refractivity contribution in [1.29, 1.82) is 0 Å². The van der Waals surface area contributed by atoms with Crippen LogP contribution in [0.4, 0.5) is 19.0 Å². The molecule has 0 amide bonds. The Balaban J connectivity index is 2.24. The molecule has 2 rings (SSSR count). The molecule has 0 fully saturated rings. The lowest BCUT2D eigenvalue weighted by Gasteiger charge is -2.14. The van der Waals surface area contributed by atoms with Gasteiger partial charge in [0.1, 0.15) is 5.15 Å². The van der Waals surface area contributed by atoms with Crippen LogP contribution in [0.25, 0.3) is 0 Å². The first-order valence-corrected chi connectivity index (χ1v) is 6.79. The number of halogens is 5. The van der Waals surface area contributed by atoms with Gasteiger partial charge in [-0.05, 0) is 29.8 Å². The van der Waals surface area contributed by atoms with E-state index in [0.717, 1.165) is 17.7 Å². The molecule has 8 heteroatoms. The van der Waals surface area contributed by atoms with E-state index in [-0.39, 0.29) is 11.0 Å². The Labute approximate surface area is 135 Å². The highest BCUT2D eigenvalue weighted by atomic mass is 35.5. The van der Waals surface area contributed by atoms with Gasteiger partial charge in [-0.25, -0.2) is 4.98 Å². The molecule has 2 aromatic rings.